The summed E-state index contributed by atoms with van der Waals surface area (Å²) in [7, 11) is 0. The van der Waals surface area contributed by atoms with Crippen molar-refractivity contribution in [1.29, 1.82) is 0 Å². The maximum atomic E-state index is 14.8. The van der Waals surface area contributed by atoms with Crippen molar-refractivity contribution in [3.8, 4) is 16.9 Å². The van der Waals surface area contributed by atoms with Crippen molar-refractivity contribution in [2.75, 3.05) is 6.61 Å². The molecule has 0 radical (unpaired) electrons. The highest BCUT2D eigenvalue weighted by molar-refractivity contribution is 5.91. The summed E-state index contributed by atoms with van der Waals surface area (Å²) < 4.78 is 54.3. The standard InChI is InChI=1S/C29H25F3O3/c1-2-17-3-5-19(6-4-17)22-13-14-24(28(32)27(22)31)29(33)35-21-10-7-18(8-11-21)20-9-12-23(25(30)15-20)26-16-34-26/h2,7-15,17,19,26H,1,3-6,16H2. The SMILES string of the molecule is C=CC1CCC(c2ccc(C(=O)Oc3ccc(-c4ccc(C5CO5)c(F)c4)cc3)c(F)c2F)CC1. The molecule has 5 rings (SSSR count). The number of carbonyl (C=O) groups is 1. The van der Waals surface area contributed by atoms with E-state index >= 15 is 0 Å². The summed E-state index contributed by atoms with van der Waals surface area (Å²) in [5, 5.41) is 0. The minimum absolute atomic E-state index is 0.0750. The van der Waals surface area contributed by atoms with Gasteiger partial charge in [0.05, 0.1) is 12.2 Å². The van der Waals surface area contributed by atoms with E-state index in [2.05, 4.69) is 6.58 Å². The van der Waals surface area contributed by atoms with Crippen LogP contribution in [-0.2, 0) is 4.74 Å². The normalized spacial score (nSPS) is 21.4. The van der Waals surface area contributed by atoms with Crippen molar-refractivity contribution in [3.05, 3.63) is 101 Å². The van der Waals surface area contributed by atoms with Crippen LogP contribution in [0.2, 0.25) is 0 Å². The first-order valence-corrected chi connectivity index (χ1v) is 11.8. The summed E-state index contributed by atoms with van der Waals surface area (Å²) in [4.78, 5) is 12.6. The summed E-state index contributed by atoms with van der Waals surface area (Å²) in [5.74, 6) is -2.98. The Morgan fingerprint density at radius 2 is 1.54 bits per heavy atom. The van der Waals surface area contributed by atoms with E-state index < -0.39 is 23.2 Å². The van der Waals surface area contributed by atoms with Gasteiger partial charge in [-0.3, -0.25) is 0 Å². The van der Waals surface area contributed by atoms with E-state index in [0.29, 0.717) is 29.2 Å². The minimum Gasteiger partial charge on any atom is -0.423 e. The van der Waals surface area contributed by atoms with Crippen molar-refractivity contribution in [1.82, 2.24) is 0 Å². The van der Waals surface area contributed by atoms with Gasteiger partial charge in [0.1, 0.15) is 17.7 Å². The van der Waals surface area contributed by atoms with Crippen LogP contribution in [0.25, 0.3) is 11.1 Å². The van der Waals surface area contributed by atoms with Gasteiger partial charge in [-0.05, 0) is 78.5 Å². The second kappa shape index (κ2) is 9.70. The lowest BCUT2D eigenvalue weighted by Gasteiger charge is -2.27. The highest BCUT2D eigenvalue weighted by Gasteiger charge is 2.28. The second-order valence-electron chi connectivity index (χ2n) is 9.15. The summed E-state index contributed by atoms with van der Waals surface area (Å²) in [5.41, 5.74) is 1.77. The lowest BCUT2D eigenvalue weighted by Crippen LogP contribution is -2.16. The molecule has 180 valence electrons. The van der Waals surface area contributed by atoms with Gasteiger partial charge >= 0.3 is 5.97 Å². The van der Waals surface area contributed by atoms with Gasteiger partial charge < -0.3 is 9.47 Å². The predicted octanol–water partition coefficient (Wildman–Crippen LogP) is 7.52. The van der Waals surface area contributed by atoms with E-state index in [-0.39, 0.29) is 23.6 Å². The molecule has 1 saturated heterocycles. The van der Waals surface area contributed by atoms with Gasteiger partial charge in [0.2, 0.25) is 0 Å². The number of esters is 1. The zero-order valence-corrected chi connectivity index (χ0v) is 19.1. The number of halogens is 3. The monoisotopic (exact) mass is 478 g/mol. The number of ether oxygens (including phenoxy) is 2. The number of carbonyl (C=O) groups excluding carboxylic acids is 1. The molecule has 1 aliphatic heterocycles. The van der Waals surface area contributed by atoms with Crippen molar-refractivity contribution in [3.63, 3.8) is 0 Å². The Morgan fingerprint density at radius 3 is 2.17 bits per heavy atom. The topological polar surface area (TPSA) is 38.8 Å². The molecule has 0 aromatic heterocycles. The smallest absolute Gasteiger partial charge is 0.346 e. The van der Waals surface area contributed by atoms with Crippen LogP contribution >= 0.6 is 0 Å². The first-order chi connectivity index (χ1) is 16.9. The number of hydrogen-bond acceptors (Lipinski definition) is 3. The van der Waals surface area contributed by atoms with Gasteiger partial charge in [-0.1, -0.05) is 36.4 Å². The minimum atomic E-state index is -1.19. The van der Waals surface area contributed by atoms with E-state index in [4.69, 9.17) is 9.47 Å². The molecule has 35 heavy (non-hydrogen) atoms. The van der Waals surface area contributed by atoms with Crippen LogP contribution in [0.5, 0.6) is 5.75 Å². The lowest BCUT2D eigenvalue weighted by molar-refractivity contribution is 0.0728. The molecule has 2 aliphatic rings. The van der Waals surface area contributed by atoms with E-state index in [1.807, 2.05) is 6.08 Å². The molecule has 0 amide bonds. The summed E-state index contributed by atoms with van der Waals surface area (Å²) in [6.45, 7) is 4.34. The Balaban J connectivity index is 1.27. The Bertz CT molecular complexity index is 1260. The molecule has 3 aromatic rings. The number of hydrogen-bond donors (Lipinski definition) is 0. The average Bonchev–Trinajstić information content (AvgIpc) is 3.71. The largest absolute Gasteiger partial charge is 0.423 e. The molecule has 2 fully saturated rings. The van der Waals surface area contributed by atoms with Gasteiger partial charge in [-0.15, -0.1) is 6.58 Å². The second-order valence-corrected chi connectivity index (χ2v) is 9.15. The molecule has 1 aliphatic carbocycles. The van der Waals surface area contributed by atoms with Crippen LogP contribution in [0.1, 0.15) is 59.2 Å². The molecular weight excluding hydrogens is 453 g/mol. The third-order valence-corrected chi connectivity index (χ3v) is 6.96. The maximum Gasteiger partial charge on any atom is 0.346 e. The van der Waals surface area contributed by atoms with Gasteiger partial charge in [0.15, 0.2) is 11.6 Å². The number of epoxide rings is 1. The Kier molecular flexibility index (Phi) is 6.48. The predicted molar refractivity (Wildman–Crippen MR) is 127 cm³/mol. The van der Waals surface area contributed by atoms with Crippen LogP contribution in [-0.4, -0.2) is 12.6 Å². The van der Waals surface area contributed by atoms with Gasteiger partial charge in [-0.25, -0.2) is 18.0 Å². The molecule has 6 heteroatoms. The molecule has 0 spiro atoms. The molecule has 3 nitrogen and oxygen atoms in total. The molecule has 0 N–H and O–H groups in total. The summed E-state index contributed by atoms with van der Waals surface area (Å²) in [6, 6.07) is 14.1. The van der Waals surface area contributed by atoms with Crippen molar-refractivity contribution < 1.29 is 27.4 Å². The average molecular weight is 479 g/mol. The summed E-state index contributed by atoms with van der Waals surface area (Å²) in [6.07, 6.45) is 5.03. The zero-order valence-electron chi connectivity index (χ0n) is 19.1. The summed E-state index contributed by atoms with van der Waals surface area (Å²) >= 11 is 0. The number of benzene rings is 3. The molecule has 1 heterocycles. The quantitative estimate of drug-likeness (QED) is 0.159. The van der Waals surface area contributed by atoms with Crippen LogP contribution in [0.3, 0.4) is 0 Å². The molecular formula is C29H25F3O3. The molecule has 3 aromatic carbocycles. The fourth-order valence-electron chi connectivity index (χ4n) is 4.78. The van der Waals surface area contributed by atoms with E-state index in [0.717, 1.165) is 31.2 Å². The fraction of sp³-hybridized carbons (Fsp3) is 0.276. The third-order valence-electron chi connectivity index (χ3n) is 6.96. The third kappa shape index (κ3) is 4.89. The Morgan fingerprint density at radius 1 is 0.886 bits per heavy atom. The number of allylic oxidation sites excluding steroid dienone is 1. The number of rotatable bonds is 6. The first-order valence-electron chi connectivity index (χ1n) is 11.8. The van der Waals surface area contributed by atoms with Crippen LogP contribution in [0.4, 0.5) is 13.2 Å². The van der Waals surface area contributed by atoms with Crippen LogP contribution in [0.15, 0.2) is 67.3 Å². The molecule has 1 atom stereocenters. The van der Waals surface area contributed by atoms with Crippen LogP contribution in [0, 0.1) is 23.4 Å². The lowest BCUT2D eigenvalue weighted by atomic mass is 9.78. The van der Waals surface area contributed by atoms with E-state index in [1.54, 1.807) is 24.3 Å². The highest BCUT2D eigenvalue weighted by Crippen LogP contribution is 2.38. The van der Waals surface area contributed by atoms with Gasteiger partial charge in [0.25, 0.3) is 0 Å². The molecule has 1 unspecified atom stereocenters. The Hall–Kier alpha value is -3.38. The first kappa shape index (κ1) is 23.4. The maximum absolute atomic E-state index is 14.8. The van der Waals surface area contributed by atoms with Crippen molar-refractivity contribution in [2.45, 2.75) is 37.7 Å². The highest BCUT2D eigenvalue weighted by atomic mass is 19.2. The van der Waals surface area contributed by atoms with E-state index in [9.17, 15) is 18.0 Å². The van der Waals surface area contributed by atoms with Crippen molar-refractivity contribution in [2.24, 2.45) is 5.92 Å². The Labute approximate surface area is 202 Å². The van der Waals surface area contributed by atoms with Gasteiger partial charge in [-0.2, -0.15) is 0 Å². The fourth-order valence-corrected chi connectivity index (χ4v) is 4.78. The van der Waals surface area contributed by atoms with Gasteiger partial charge in [0, 0.05) is 5.56 Å². The van der Waals surface area contributed by atoms with Crippen LogP contribution < -0.4 is 4.74 Å². The molecule has 0 bridgehead atoms. The van der Waals surface area contributed by atoms with Crippen molar-refractivity contribution >= 4 is 5.97 Å². The van der Waals surface area contributed by atoms with E-state index in [1.165, 1.54) is 30.3 Å². The molecule has 1 saturated carbocycles. The zero-order chi connectivity index (χ0) is 24.5.